The van der Waals surface area contributed by atoms with E-state index in [2.05, 4.69) is 11.6 Å². The molecule has 0 radical (unpaired) electrons. The van der Waals surface area contributed by atoms with E-state index in [-0.39, 0.29) is 23.3 Å². The number of nitrogens with one attached hydrogen (secondary N) is 1. The molecule has 7 heteroatoms. The third kappa shape index (κ3) is 6.76. The Hall–Kier alpha value is -0.660. The van der Waals surface area contributed by atoms with Crippen molar-refractivity contribution in [3.8, 4) is 0 Å². The third-order valence-corrected chi connectivity index (χ3v) is 4.55. The minimum Gasteiger partial charge on any atom is -0.380 e. The fourth-order valence-electron chi connectivity index (χ4n) is 1.93. The van der Waals surface area contributed by atoms with Crippen molar-refractivity contribution in [2.24, 2.45) is 5.73 Å². The molecule has 122 valence electrons. The van der Waals surface area contributed by atoms with E-state index >= 15 is 0 Å². The maximum Gasteiger partial charge on any atom is 0.240 e. The Morgan fingerprint density at radius 2 is 2.10 bits per heavy atom. The van der Waals surface area contributed by atoms with Crippen LogP contribution in [0.25, 0.3) is 0 Å². The number of halogens is 1. The molecular formula is C14H25ClN2O3S. The van der Waals surface area contributed by atoms with Crippen molar-refractivity contribution in [3.63, 3.8) is 0 Å². The minimum absolute atomic E-state index is 0. The van der Waals surface area contributed by atoms with Crippen LogP contribution < -0.4 is 10.5 Å². The largest absolute Gasteiger partial charge is 0.380 e. The Bertz CT molecular complexity index is 509. The third-order valence-electron chi connectivity index (χ3n) is 3.03. The summed E-state index contributed by atoms with van der Waals surface area (Å²) in [6.07, 6.45) is 2.72. The molecule has 1 rings (SSSR count). The lowest BCUT2D eigenvalue weighted by molar-refractivity contribution is 0.184. The monoisotopic (exact) mass is 336 g/mol. The molecule has 0 aliphatic heterocycles. The molecule has 5 nitrogen and oxygen atoms in total. The number of rotatable bonds is 9. The van der Waals surface area contributed by atoms with Gasteiger partial charge in [-0.2, -0.15) is 0 Å². The van der Waals surface area contributed by atoms with Gasteiger partial charge in [0.25, 0.3) is 0 Å². The van der Waals surface area contributed by atoms with E-state index in [0.29, 0.717) is 13.2 Å². The smallest absolute Gasteiger partial charge is 0.240 e. The van der Waals surface area contributed by atoms with E-state index in [4.69, 9.17) is 10.5 Å². The fraction of sp³-hybridized carbons (Fsp3) is 0.571. The second-order valence-corrected chi connectivity index (χ2v) is 6.49. The molecule has 0 aliphatic rings. The van der Waals surface area contributed by atoms with Crippen LogP contribution in [-0.2, 0) is 21.4 Å². The molecule has 0 aliphatic carbocycles. The van der Waals surface area contributed by atoms with Gasteiger partial charge in [-0.3, -0.25) is 0 Å². The molecular weight excluding hydrogens is 312 g/mol. The first kappa shape index (κ1) is 20.3. The normalized spacial score (nSPS) is 12.7. The van der Waals surface area contributed by atoms with E-state index < -0.39 is 10.0 Å². The van der Waals surface area contributed by atoms with Crippen molar-refractivity contribution in [1.29, 1.82) is 0 Å². The molecule has 1 aromatic carbocycles. The van der Waals surface area contributed by atoms with Gasteiger partial charge in [0.15, 0.2) is 0 Å². The summed E-state index contributed by atoms with van der Waals surface area (Å²) >= 11 is 0. The fourth-order valence-corrected chi connectivity index (χ4v) is 3.29. The predicted molar refractivity (Wildman–Crippen MR) is 87.1 cm³/mol. The molecule has 1 aromatic rings. The molecule has 21 heavy (non-hydrogen) atoms. The summed E-state index contributed by atoms with van der Waals surface area (Å²) in [4.78, 5) is 0.252. The molecule has 1 unspecified atom stereocenters. The van der Waals surface area contributed by atoms with Crippen molar-refractivity contribution in [2.75, 3.05) is 13.7 Å². The van der Waals surface area contributed by atoms with Crippen LogP contribution in [0.5, 0.6) is 0 Å². The molecule has 0 saturated heterocycles. The summed E-state index contributed by atoms with van der Waals surface area (Å²) in [5.41, 5.74) is 6.46. The first-order chi connectivity index (χ1) is 9.53. The zero-order chi connectivity index (χ0) is 15.0. The maximum absolute atomic E-state index is 12.3. The van der Waals surface area contributed by atoms with E-state index in [1.54, 1.807) is 25.3 Å². The van der Waals surface area contributed by atoms with Gasteiger partial charge >= 0.3 is 0 Å². The highest BCUT2D eigenvalue weighted by Gasteiger charge is 2.19. The van der Waals surface area contributed by atoms with Crippen molar-refractivity contribution in [2.45, 2.75) is 43.7 Å². The highest BCUT2D eigenvalue weighted by Crippen LogP contribution is 2.13. The van der Waals surface area contributed by atoms with Crippen LogP contribution in [0.4, 0.5) is 0 Å². The minimum atomic E-state index is -3.53. The molecule has 0 amide bonds. The zero-order valence-corrected chi connectivity index (χ0v) is 14.2. The number of unbranched alkanes of at least 4 members (excludes halogenated alkanes) is 1. The van der Waals surface area contributed by atoms with Gasteiger partial charge < -0.3 is 10.5 Å². The summed E-state index contributed by atoms with van der Waals surface area (Å²) < 4.78 is 32.3. The van der Waals surface area contributed by atoms with E-state index in [1.807, 2.05) is 6.07 Å². The SMILES string of the molecule is CCCCC(CN)NS(=O)(=O)c1cccc(COC)c1.Cl. The van der Waals surface area contributed by atoms with Gasteiger partial charge in [0.05, 0.1) is 11.5 Å². The van der Waals surface area contributed by atoms with Crippen molar-refractivity contribution in [1.82, 2.24) is 4.72 Å². The van der Waals surface area contributed by atoms with Crippen molar-refractivity contribution < 1.29 is 13.2 Å². The number of sulfonamides is 1. The Balaban J connectivity index is 0.00000400. The van der Waals surface area contributed by atoms with Crippen LogP contribution in [0, 0.1) is 0 Å². The number of hydrogen-bond acceptors (Lipinski definition) is 4. The van der Waals surface area contributed by atoms with E-state index in [1.165, 1.54) is 0 Å². The zero-order valence-electron chi connectivity index (χ0n) is 12.5. The summed E-state index contributed by atoms with van der Waals surface area (Å²) in [5.74, 6) is 0. The first-order valence-corrected chi connectivity index (χ1v) is 8.32. The van der Waals surface area contributed by atoms with Gasteiger partial charge in [-0.05, 0) is 24.1 Å². The van der Waals surface area contributed by atoms with Crippen LogP contribution in [-0.4, -0.2) is 28.1 Å². The lowest BCUT2D eigenvalue weighted by Crippen LogP contribution is -2.40. The number of hydrogen-bond donors (Lipinski definition) is 2. The number of benzene rings is 1. The van der Waals surface area contributed by atoms with Crippen LogP contribution in [0.15, 0.2) is 29.2 Å². The molecule has 0 aromatic heterocycles. The molecule has 0 saturated carbocycles. The van der Waals surface area contributed by atoms with Crippen LogP contribution >= 0.6 is 12.4 Å². The Labute approximate surface area is 133 Å². The van der Waals surface area contributed by atoms with Crippen LogP contribution in [0.1, 0.15) is 31.7 Å². The topological polar surface area (TPSA) is 81.4 Å². The van der Waals surface area contributed by atoms with Crippen molar-refractivity contribution in [3.05, 3.63) is 29.8 Å². The summed E-state index contributed by atoms with van der Waals surface area (Å²) in [6.45, 7) is 2.76. The Morgan fingerprint density at radius 3 is 2.67 bits per heavy atom. The molecule has 1 atom stereocenters. The lowest BCUT2D eigenvalue weighted by atomic mass is 10.1. The van der Waals surface area contributed by atoms with Gasteiger partial charge in [0.1, 0.15) is 0 Å². The molecule has 0 spiro atoms. The highest BCUT2D eigenvalue weighted by molar-refractivity contribution is 7.89. The number of methoxy groups -OCH3 is 1. The first-order valence-electron chi connectivity index (χ1n) is 6.83. The second kappa shape index (κ2) is 10.1. The lowest BCUT2D eigenvalue weighted by Gasteiger charge is -2.17. The second-order valence-electron chi connectivity index (χ2n) is 4.78. The molecule has 3 N–H and O–H groups in total. The van der Waals surface area contributed by atoms with Crippen LogP contribution in [0.3, 0.4) is 0 Å². The standard InChI is InChI=1S/C14H24N2O3S.ClH/c1-3-4-7-13(10-15)16-20(17,18)14-8-5-6-12(9-14)11-19-2;/h5-6,8-9,13,16H,3-4,7,10-11,15H2,1-2H3;1H. The quantitative estimate of drug-likeness (QED) is 0.723. The van der Waals surface area contributed by atoms with E-state index in [0.717, 1.165) is 24.8 Å². The summed E-state index contributed by atoms with van der Waals surface area (Å²) in [6, 6.07) is 6.53. The summed E-state index contributed by atoms with van der Waals surface area (Å²) in [5, 5.41) is 0. The summed E-state index contributed by atoms with van der Waals surface area (Å²) in [7, 11) is -1.95. The Morgan fingerprint density at radius 1 is 1.38 bits per heavy atom. The molecule has 0 bridgehead atoms. The highest BCUT2D eigenvalue weighted by atomic mass is 35.5. The van der Waals surface area contributed by atoms with Gasteiger partial charge in [-0.15, -0.1) is 12.4 Å². The number of ether oxygens (including phenoxy) is 1. The average Bonchev–Trinajstić information content (AvgIpc) is 2.44. The maximum atomic E-state index is 12.3. The molecule has 0 fully saturated rings. The Kier molecular flexibility index (Phi) is 9.81. The van der Waals surface area contributed by atoms with Gasteiger partial charge in [-0.25, -0.2) is 13.1 Å². The molecule has 0 heterocycles. The van der Waals surface area contributed by atoms with Gasteiger partial charge in [-0.1, -0.05) is 31.9 Å². The number of nitrogens with two attached hydrogens (primary N) is 1. The predicted octanol–water partition coefficient (Wildman–Crippen LogP) is 2.05. The van der Waals surface area contributed by atoms with Crippen LogP contribution in [0.2, 0.25) is 0 Å². The van der Waals surface area contributed by atoms with Gasteiger partial charge in [0.2, 0.25) is 10.0 Å². The van der Waals surface area contributed by atoms with Crippen molar-refractivity contribution >= 4 is 22.4 Å². The average molecular weight is 337 g/mol. The van der Waals surface area contributed by atoms with E-state index in [9.17, 15) is 8.42 Å². The van der Waals surface area contributed by atoms with Gasteiger partial charge in [0, 0.05) is 19.7 Å².